The van der Waals surface area contributed by atoms with Crippen molar-refractivity contribution in [3.63, 3.8) is 0 Å². The van der Waals surface area contributed by atoms with Gasteiger partial charge in [-0.1, -0.05) is 20.8 Å². The van der Waals surface area contributed by atoms with E-state index in [1.54, 1.807) is 13.8 Å². The van der Waals surface area contributed by atoms with Gasteiger partial charge in [0.05, 0.1) is 4.90 Å². The quantitative estimate of drug-likeness (QED) is 0.803. The molecule has 1 atom stereocenters. The molecule has 0 spiro atoms. The molecule has 1 unspecified atom stereocenters. The molecule has 0 fully saturated rings. The number of rotatable bonds is 6. The second kappa shape index (κ2) is 7.56. The van der Waals surface area contributed by atoms with Crippen LogP contribution < -0.4 is 5.32 Å². The van der Waals surface area contributed by atoms with Gasteiger partial charge in [0.15, 0.2) is 9.84 Å². The topological polar surface area (TPSA) is 101 Å². The van der Waals surface area contributed by atoms with Gasteiger partial charge in [-0.3, -0.25) is 4.79 Å². The Kier molecular flexibility index (Phi) is 6.39. The van der Waals surface area contributed by atoms with Crippen molar-refractivity contribution >= 4 is 21.7 Å². The zero-order chi connectivity index (χ0) is 19.6. The van der Waals surface area contributed by atoms with Gasteiger partial charge in [0.1, 0.15) is 6.04 Å². The fourth-order valence-electron chi connectivity index (χ4n) is 2.35. The van der Waals surface area contributed by atoms with E-state index in [1.165, 1.54) is 12.1 Å². The van der Waals surface area contributed by atoms with Gasteiger partial charge in [-0.15, -0.1) is 0 Å². The summed E-state index contributed by atoms with van der Waals surface area (Å²) in [6, 6.07) is 1.79. The molecule has 1 aromatic rings. The van der Waals surface area contributed by atoms with Crippen LogP contribution in [0.4, 0.5) is 0 Å². The SMILES string of the molecule is Cc1cc(S(C)(=O)=O)cc(C(=O)NC(CCC(C)(C)C)C(=O)O)c1C. The van der Waals surface area contributed by atoms with Crippen LogP contribution in [0.1, 0.15) is 55.1 Å². The van der Waals surface area contributed by atoms with E-state index in [-0.39, 0.29) is 15.9 Å². The third-order valence-corrected chi connectivity index (χ3v) is 5.19. The zero-order valence-corrected chi connectivity index (χ0v) is 16.5. The minimum atomic E-state index is -3.47. The Hall–Kier alpha value is -1.89. The number of benzene rings is 1. The molecule has 1 rings (SSSR count). The number of carboxylic acids is 1. The highest BCUT2D eigenvalue weighted by Gasteiger charge is 2.25. The molecule has 2 N–H and O–H groups in total. The second-order valence-electron chi connectivity index (χ2n) is 7.65. The average molecular weight is 369 g/mol. The fraction of sp³-hybridized carbons (Fsp3) is 0.556. The number of hydrogen-bond acceptors (Lipinski definition) is 4. The molecule has 0 heterocycles. The normalized spacial score (nSPS) is 13.4. The molecule has 1 amide bonds. The molecule has 0 aromatic heterocycles. The Balaban J connectivity index is 3.13. The molecule has 0 bridgehead atoms. The van der Waals surface area contributed by atoms with Gasteiger partial charge in [-0.25, -0.2) is 13.2 Å². The molecule has 0 saturated carbocycles. The first-order valence-electron chi connectivity index (χ1n) is 8.07. The minimum Gasteiger partial charge on any atom is -0.480 e. The molecular weight excluding hydrogens is 342 g/mol. The Morgan fingerprint density at radius 1 is 1.20 bits per heavy atom. The van der Waals surface area contributed by atoms with Gasteiger partial charge in [0.25, 0.3) is 5.91 Å². The van der Waals surface area contributed by atoms with Gasteiger partial charge in [0.2, 0.25) is 0 Å². The fourth-order valence-corrected chi connectivity index (χ4v) is 3.07. The van der Waals surface area contributed by atoms with E-state index in [1.807, 2.05) is 20.8 Å². The molecule has 0 aliphatic rings. The van der Waals surface area contributed by atoms with E-state index in [9.17, 15) is 23.1 Å². The highest BCUT2D eigenvalue weighted by atomic mass is 32.2. The van der Waals surface area contributed by atoms with Gasteiger partial charge in [-0.2, -0.15) is 0 Å². The van der Waals surface area contributed by atoms with E-state index in [0.29, 0.717) is 24.0 Å². The molecule has 0 saturated heterocycles. The first-order valence-corrected chi connectivity index (χ1v) is 9.96. The third kappa shape index (κ3) is 6.16. The summed E-state index contributed by atoms with van der Waals surface area (Å²) in [5.41, 5.74) is 1.42. The number of aryl methyl sites for hydroxylation is 1. The van der Waals surface area contributed by atoms with E-state index >= 15 is 0 Å². The van der Waals surface area contributed by atoms with Crippen LogP contribution in [0.2, 0.25) is 0 Å². The van der Waals surface area contributed by atoms with Crippen molar-refractivity contribution in [1.82, 2.24) is 5.32 Å². The maximum atomic E-state index is 12.6. The lowest BCUT2D eigenvalue weighted by atomic mass is 9.88. The lowest BCUT2D eigenvalue weighted by Crippen LogP contribution is -2.41. The summed E-state index contributed by atoms with van der Waals surface area (Å²) in [4.78, 5) is 24.1. The number of carboxylic acid groups (broad SMARTS) is 1. The number of sulfone groups is 1. The van der Waals surface area contributed by atoms with Crippen molar-refractivity contribution in [3.05, 3.63) is 28.8 Å². The van der Waals surface area contributed by atoms with Crippen LogP contribution in [0.5, 0.6) is 0 Å². The Morgan fingerprint density at radius 2 is 1.76 bits per heavy atom. The molecule has 0 radical (unpaired) electrons. The summed E-state index contributed by atoms with van der Waals surface area (Å²) < 4.78 is 23.6. The lowest BCUT2D eigenvalue weighted by molar-refractivity contribution is -0.139. The summed E-state index contributed by atoms with van der Waals surface area (Å²) in [6.07, 6.45) is 2.00. The van der Waals surface area contributed by atoms with Crippen LogP contribution in [0.3, 0.4) is 0 Å². The van der Waals surface area contributed by atoms with Crippen molar-refractivity contribution in [3.8, 4) is 0 Å². The number of nitrogens with one attached hydrogen (secondary N) is 1. The first kappa shape index (κ1) is 21.2. The maximum absolute atomic E-state index is 12.6. The molecular formula is C18H27NO5S. The van der Waals surface area contributed by atoms with Gasteiger partial charge in [0, 0.05) is 11.8 Å². The average Bonchev–Trinajstić information content (AvgIpc) is 2.43. The smallest absolute Gasteiger partial charge is 0.326 e. The monoisotopic (exact) mass is 369 g/mol. The van der Waals surface area contributed by atoms with E-state index in [0.717, 1.165) is 6.26 Å². The predicted molar refractivity (Wildman–Crippen MR) is 96.6 cm³/mol. The molecule has 0 aliphatic carbocycles. The van der Waals surface area contributed by atoms with Crippen LogP contribution in [-0.2, 0) is 14.6 Å². The Labute approximate surface area is 149 Å². The number of carbonyl (C=O) groups is 2. The molecule has 140 valence electrons. The van der Waals surface area contributed by atoms with Crippen LogP contribution in [0.15, 0.2) is 17.0 Å². The summed E-state index contributed by atoms with van der Waals surface area (Å²) in [5, 5.41) is 11.9. The van der Waals surface area contributed by atoms with Crippen LogP contribution in [-0.4, -0.2) is 37.7 Å². The van der Waals surface area contributed by atoms with Crippen molar-refractivity contribution < 1.29 is 23.1 Å². The summed E-state index contributed by atoms with van der Waals surface area (Å²) in [6.45, 7) is 9.42. The van der Waals surface area contributed by atoms with Crippen molar-refractivity contribution in [2.24, 2.45) is 5.41 Å². The second-order valence-corrected chi connectivity index (χ2v) is 9.66. The number of hydrogen-bond donors (Lipinski definition) is 2. The minimum absolute atomic E-state index is 0.0438. The van der Waals surface area contributed by atoms with Crippen LogP contribution >= 0.6 is 0 Å². The first-order chi connectivity index (χ1) is 11.2. The van der Waals surface area contributed by atoms with Crippen molar-refractivity contribution in [2.45, 2.75) is 58.4 Å². The van der Waals surface area contributed by atoms with Crippen LogP contribution in [0, 0.1) is 19.3 Å². The van der Waals surface area contributed by atoms with Gasteiger partial charge >= 0.3 is 5.97 Å². The van der Waals surface area contributed by atoms with Crippen LogP contribution in [0.25, 0.3) is 0 Å². The number of amides is 1. The standard InChI is InChI=1S/C18H27NO5S/c1-11-9-13(25(6,23)24)10-14(12(11)2)16(20)19-15(17(21)22)7-8-18(3,4)5/h9-10,15H,7-8H2,1-6H3,(H,19,20)(H,21,22). The highest BCUT2D eigenvalue weighted by molar-refractivity contribution is 7.90. The number of aliphatic carboxylic acids is 1. The molecule has 7 heteroatoms. The van der Waals surface area contributed by atoms with Crippen molar-refractivity contribution in [1.29, 1.82) is 0 Å². The zero-order valence-electron chi connectivity index (χ0n) is 15.6. The molecule has 25 heavy (non-hydrogen) atoms. The van der Waals surface area contributed by atoms with Gasteiger partial charge < -0.3 is 10.4 Å². The summed E-state index contributed by atoms with van der Waals surface area (Å²) in [5.74, 6) is -1.68. The summed E-state index contributed by atoms with van der Waals surface area (Å²) in [7, 11) is -3.47. The van der Waals surface area contributed by atoms with E-state index in [4.69, 9.17) is 0 Å². The molecule has 6 nitrogen and oxygen atoms in total. The highest BCUT2D eigenvalue weighted by Crippen LogP contribution is 2.23. The molecule has 0 aliphatic heterocycles. The number of carbonyl (C=O) groups excluding carboxylic acids is 1. The molecule has 1 aromatic carbocycles. The lowest BCUT2D eigenvalue weighted by Gasteiger charge is -2.22. The maximum Gasteiger partial charge on any atom is 0.326 e. The predicted octanol–water partition coefficient (Wildman–Crippen LogP) is 2.72. The largest absolute Gasteiger partial charge is 0.480 e. The Morgan fingerprint density at radius 3 is 2.20 bits per heavy atom. The van der Waals surface area contributed by atoms with Crippen molar-refractivity contribution in [2.75, 3.05) is 6.26 Å². The Bertz CT molecular complexity index is 775. The summed E-state index contributed by atoms with van der Waals surface area (Å²) >= 11 is 0. The van der Waals surface area contributed by atoms with E-state index < -0.39 is 27.8 Å². The third-order valence-electron chi connectivity index (χ3n) is 4.10. The van der Waals surface area contributed by atoms with Gasteiger partial charge in [-0.05, 0) is 55.4 Å². The van der Waals surface area contributed by atoms with E-state index in [2.05, 4.69) is 5.32 Å².